The minimum Gasteiger partial charge on any atom is -0.366 e. The molecule has 0 saturated carbocycles. The molecule has 1 amide bonds. The van der Waals surface area contributed by atoms with E-state index >= 15 is 0 Å². The molecule has 3 aromatic rings. The molecule has 0 fully saturated rings. The zero-order chi connectivity index (χ0) is 19.1. The third kappa shape index (κ3) is 5.79. The van der Waals surface area contributed by atoms with Crippen LogP contribution in [0.5, 0.6) is 0 Å². The predicted octanol–water partition coefficient (Wildman–Crippen LogP) is 4.02. The van der Waals surface area contributed by atoms with Gasteiger partial charge in [0.2, 0.25) is 0 Å². The fourth-order valence-electron chi connectivity index (χ4n) is 2.63. The molecule has 0 radical (unpaired) electrons. The number of aromatic nitrogens is 2. The van der Waals surface area contributed by atoms with E-state index in [0.29, 0.717) is 35.4 Å². The highest BCUT2D eigenvalue weighted by molar-refractivity contribution is 6.30. The van der Waals surface area contributed by atoms with Crippen molar-refractivity contribution >= 4 is 23.3 Å². The van der Waals surface area contributed by atoms with E-state index < -0.39 is 0 Å². The van der Waals surface area contributed by atoms with Gasteiger partial charge in [0.25, 0.3) is 5.91 Å². The Morgan fingerprint density at radius 3 is 2.48 bits per heavy atom. The van der Waals surface area contributed by atoms with Crippen LogP contribution in [-0.4, -0.2) is 22.4 Å². The zero-order valence-corrected chi connectivity index (χ0v) is 15.8. The molecule has 6 heteroatoms. The third-order valence-corrected chi connectivity index (χ3v) is 4.25. The second-order valence-electron chi connectivity index (χ2n) is 6.16. The molecule has 0 atom stereocenters. The minimum atomic E-state index is -0.211. The Bertz CT molecular complexity index is 898. The lowest BCUT2D eigenvalue weighted by Crippen LogP contribution is -2.27. The third-order valence-electron chi connectivity index (χ3n) is 4.00. The lowest BCUT2D eigenvalue weighted by Gasteiger charge is -2.09. The van der Waals surface area contributed by atoms with Crippen LogP contribution in [0.2, 0.25) is 5.02 Å². The first-order valence-electron chi connectivity index (χ1n) is 8.76. The van der Waals surface area contributed by atoms with E-state index in [0.717, 1.165) is 17.5 Å². The summed E-state index contributed by atoms with van der Waals surface area (Å²) in [4.78, 5) is 21.0. The summed E-state index contributed by atoms with van der Waals surface area (Å²) < 4.78 is 0. The van der Waals surface area contributed by atoms with Gasteiger partial charge in [-0.3, -0.25) is 4.79 Å². The van der Waals surface area contributed by atoms with Crippen LogP contribution in [0.3, 0.4) is 0 Å². The van der Waals surface area contributed by atoms with E-state index in [1.807, 2.05) is 54.6 Å². The monoisotopic (exact) mass is 380 g/mol. The quantitative estimate of drug-likeness (QED) is 0.649. The van der Waals surface area contributed by atoms with Gasteiger partial charge < -0.3 is 10.6 Å². The van der Waals surface area contributed by atoms with Crippen molar-refractivity contribution in [2.75, 3.05) is 11.9 Å². The van der Waals surface area contributed by atoms with Gasteiger partial charge in [0.05, 0.1) is 0 Å². The highest BCUT2D eigenvalue weighted by Gasteiger charge is 2.10. The molecule has 0 spiro atoms. The van der Waals surface area contributed by atoms with Crippen LogP contribution < -0.4 is 10.6 Å². The standard InChI is InChI=1S/C21H21ClN4O/c1-15-25-19(13-20(26-15)24-14-17-5-3-2-4-6-17)21(27)23-12-11-16-7-9-18(22)10-8-16/h2-10,13H,11-12,14H2,1H3,(H,23,27)(H,24,25,26). The molecule has 0 unspecified atom stereocenters. The average Bonchev–Trinajstić information content (AvgIpc) is 2.68. The molecule has 0 aliphatic rings. The van der Waals surface area contributed by atoms with Crippen molar-refractivity contribution in [3.8, 4) is 0 Å². The highest BCUT2D eigenvalue weighted by atomic mass is 35.5. The van der Waals surface area contributed by atoms with Gasteiger partial charge in [0, 0.05) is 24.2 Å². The van der Waals surface area contributed by atoms with Crippen LogP contribution in [0.4, 0.5) is 5.82 Å². The normalized spacial score (nSPS) is 10.4. The number of halogens is 1. The molecule has 1 heterocycles. The number of amides is 1. The fourth-order valence-corrected chi connectivity index (χ4v) is 2.75. The summed E-state index contributed by atoms with van der Waals surface area (Å²) in [5.41, 5.74) is 2.61. The molecule has 3 rings (SSSR count). The molecule has 0 bridgehead atoms. The second kappa shape index (κ2) is 9.14. The van der Waals surface area contributed by atoms with Crippen LogP contribution in [0.25, 0.3) is 0 Å². The van der Waals surface area contributed by atoms with Crippen LogP contribution in [0.15, 0.2) is 60.7 Å². The van der Waals surface area contributed by atoms with Gasteiger partial charge >= 0.3 is 0 Å². The van der Waals surface area contributed by atoms with Gasteiger partial charge in [0.1, 0.15) is 17.3 Å². The lowest BCUT2D eigenvalue weighted by atomic mass is 10.1. The summed E-state index contributed by atoms with van der Waals surface area (Å²) in [6.07, 6.45) is 0.728. The topological polar surface area (TPSA) is 66.9 Å². The van der Waals surface area contributed by atoms with Crippen LogP contribution in [0.1, 0.15) is 27.4 Å². The Morgan fingerprint density at radius 1 is 1.00 bits per heavy atom. The van der Waals surface area contributed by atoms with E-state index in [4.69, 9.17) is 11.6 Å². The zero-order valence-electron chi connectivity index (χ0n) is 15.1. The summed E-state index contributed by atoms with van der Waals surface area (Å²) >= 11 is 5.88. The van der Waals surface area contributed by atoms with E-state index in [1.165, 1.54) is 0 Å². The fraction of sp³-hybridized carbons (Fsp3) is 0.190. The van der Waals surface area contributed by atoms with E-state index in [1.54, 1.807) is 13.0 Å². The number of nitrogens with zero attached hydrogens (tertiary/aromatic N) is 2. The molecule has 5 nitrogen and oxygen atoms in total. The molecular formula is C21H21ClN4O. The first-order valence-corrected chi connectivity index (χ1v) is 9.14. The van der Waals surface area contributed by atoms with Gasteiger partial charge in [-0.1, -0.05) is 54.1 Å². The van der Waals surface area contributed by atoms with E-state index in [9.17, 15) is 4.79 Å². The van der Waals surface area contributed by atoms with Crippen LogP contribution in [-0.2, 0) is 13.0 Å². The van der Waals surface area contributed by atoms with Crippen molar-refractivity contribution in [1.82, 2.24) is 15.3 Å². The van der Waals surface area contributed by atoms with Gasteiger partial charge in [0.15, 0.2) is 0 Å². The summed E-state index contributed by atoms with van der Waals surface area (Å²) in [7, 11) is 0. The number of nitrogens with one attached hydrogen (secondary N) is 2. The van der Waals surface area contributed by atoms with E-state index in [-0.39, 0.29) is 5.91 Å². The van der Waals surface area contributed by atoms with E-state index in [2.05, 4.69) is 20.6 Å². The van der Waals surface area contributed by atoms with Crippen molar-refractivity contribution in [3.05, 3.63) is 88.3 Å². The number of rotatable bonds is 7. The largest absolute Gasteiger partial charge is 0.366 e. The van der Waals surface area contributed by atoms with Crippen LogP contribution in [0, 0.1) is 6.92 Å². The average molecular weight is 381 g/mol. The summed E-state index contributed by atoms with van der Waals surface area (Å²) in [5, 5.41) is 6.84. The molecule has 2 N–H and O–H groups in total. The predicted molar refractivity (Wildman–Crippen MR) is 108 cm³/mol. The Labute approximate surface area is 163 Å². The van der Waals surface area contributed by atoms with Crippen molar-refractivity contribution in [2.45, 2.75) is 19.9 Å². The lowest BCUT2D eigenvalue weighted by molar-refractivity contribution is 0.0949. The molecule has 138 valence electrons. The number of hydrogen-bond acceptors (Lipinski definition) is 4. The number of hydrogen-bond donors (Lipinski definition) is 2. The number of aryl methyl sites for hydroxylation is 1. The number of anilines is 1. The summed E-state index contributed by atoms with van der Waals surface area (Å²) in [5.74, 6) is 0.974. The Hall–Kier alpha value is -2.92. The van der Waals surface area contributed by atoms with Crippen molar-refractivity contribution < 1.29 is 4.79 Å². The first kappa shape index (κ1) is 18.9. The Kier molecular flexibility index (Phi) is 6.39. The highest BCUT2D eigenvalue weighted by Crippen LogP contribution is 2.11. The first-order chi connectivity index (χ1) is 13.1. The van der Waals surface area contributed by atoms with Gasteiger partial charge in [-0.25, -0.2) is 9.97 Å². The maximum atomic E-state index is 12.4. The molecule has 0 saturated heterocycles. The second-order valence-corrected chi connectivity index (χ2v) is 6.59. The molecule has 0 aliphatic heterocycles. The Balaban J connectivity index is 1.57. The number of carbonyl (C=O) groups excluding carboxylic acids is 1. The maximum Gasteiger partial charge on any atom is 0.270 e. The minimum absolute atomic E-state index is 0.211. The van der Waals surface area contributed by atoms with Gasteiger partial charge in [-0.15, -0.1) is 0 Å². The summed E-state index contributed by atoms with van der Waals surface area (Å²) in [6, 6.07) is 19.3. The van der Waals surface area contributed by atoms with Gasteiger partial charge in [-0.2, -0.15) is 0 Å². The molecule has 0 aliphatic carbocycles. The van der Waals surface area contributed by atoms with Gasteiger partial charge in [-0.05, 0) is 36.6 Å². The molecule has 2 aromatic carbocycles. The number of benzene rings is 2. The molecule has 27 heavy (non-hydrogen) atoms. The van der Waals surface area contributed by atoms with Crippen molar-refractivity contribution in [2.24, 2.45) is 0 Å². The van der Waals surface area contributed by atoms with Crippen molar-refractivity contribution in [1.29, 1.82) is 0 Å². The SMILES string of the molecule is Cc1nc(NCc2ccccc2)cc(C(=O)NCCc2ccc(Cl)cc2)n1. The van der Waals surface area contributed by atoms with Crippen LogP contribution >= 0.6 is 11.6 Å². The smallest absolute Gasteiger partial charge is 0.270 e. The summed E-state index contributed by atoms with van der Waals surface area (Å²) in [6.45, 7) is 2.93. The number of carbonyl (C=O) groups is 1. The maximum absolute atomic E-state index is 12.4. The molecule has 1 aromatic heterocycles. The molecular weight excluding hydrogens is 360 g/mol. The van der Waals surface area contributed by atoms with Crippen molar-refractivity contribution in [3.63, 3.8) is 0 Å². The Morgan fingerprint density at radius 2 is 1.74 bits per heavy atom.